The normalized spacial score (nSPS) is 13.0. The summed E-state index contributed by atoms with van der Waals surface area (Å²) >= 11 is 0. The lowest BCUT2D eigenvalue weighted by Gasteiger charge is -2.18. The molecule has 1 amide bonds. The molecule has 1 aliphatic heterocycles. The summed E-state index contributed by atoms with van der Waals surface area (Å²) in [6, 6.07) is 4.64. The number of esters is 1. The van der Waals surface area contributed by atoms with Gasteiger partial charge in [-0.05, 0) is 25.1 Å². The van der Waals surface area contributed by atoms with Crippen LogP contribution < -0.4 is 10.1 Å². The highest BCUT2D eigenvalue weighted by atomic mass is 16.5. The molecule has 0 fully saturated rings. The third-order valence-corrected chi connectivity index (χ3v) is 2.54. The second kappa shape index (κ2) is 5.51. The van der Waals surface area contributed by atoms with Gasteiger partial charge in [-0.1, -0.05) is 0 Å². The summed E-state index contributed by atoms with van der Waals surface area (Å²) in [5.41, 5.74) is 0.767. The minimum atomic E-state index is -0.564. The van der Waals surface area contributed by atoms with Crippen molar-refractivity contribution in [1.29, 1.82) is 0 Å². The van der Waals surface area contributed by atoms with Crippen molar-refractivity contribution in [2.45, 2.75) is 13.3 Å². The first-order chi connectivity index (χ1) is 9.10. The van der Waals surface area contributed by atoms with Crippen molar-refractivity contribution in [3.63, 3.8) is 0 Å². The van der Waals surface area contributed by atoms with E-state index in [0.717, 1.165) is 0 Å². The van der Waals surface area contributed by atoms with Crippen LogP contribution in [-0.4, -0.2) is 30.9 Å². The molecule has 100 valence electrons. The van der Waals surface area contributed by atoms with Gasteiger partial charge < -0.3 is 14.8 Å². The maximum Gasteiger partial charge on any atom is 0.313 e. The van der Waals surface area contributed by atoms with Crippen molar-refractivity contribution >= 4 is 23.3 Å². The Balaban J connectivity index is 2.13. The van der Waals surface area contributed by atoms with Gasteiger partial charge in [0.1, 0.15) is 12.2 Å². The minimum Gasteiger partial charge on any atom is -0.482 e. The van der Waals surface area contributed by atoms with Gasteiger partial charge >= 0.3 is 5.97 Å². The number of hydrogen-bond donors (Lipinski definition) is 1. The van der Waals surface area contributed by atoms with Crippen LogP contribution in [0, 0.1) is 0 Å². The summed E-state index contributed by atoms with van der Waals surface area (Å²) in [6.45, 7) is 1.87. The summed E-state index contributed by atoms with van der Waals surface area (Å²) < 4.78 is 9.88. The van der Waals surface area contributed by atoms with E-state index < -0.39 is 5.97 Å². The quantitative estimate of drug-likeness (QED) is 0.500. The second-order valence-electron chi connectivity index (χ2n) is 3.95. The molecule has 19 heavy (non-hydrogen) atoms. The zero-order chi connectivity index (χ0) is 13.8. The molecule has 0 spiro atoms. The van der Waals surface area contributed by atoms with Crippen LogP contribution in [-0.2, 0) is 14.3 Å². The van der Waals surface area contributed by atoms with Crippen molar-refractivity contribution in [1.82, 2.24) is 0 Å². The molecule has 1 aliphatic rings. The fourth-order valence-electron chi connectivity index (χ4n) is 1.70. The highest BCUT2D eigenvalue weighted by Gasteiger charge is 2.19. The number of rotatable bonds is 4. The first kappa shape index (κ1) is 13.1. The fraction of sp³-hybridized carbons (Fsp3) is 0.308. The number of carbonyl (C=O) groups is 3. The molecule has 1 aromatic carbocycles. The maximum absolute atomic E-state index is 11.8. The van der Waals surface area contributed by atoms with Gasteiger partial charge in [-0.2, -0.15) is 0 Å². The average molecular weight is 263 g/mol. The highest BCUT2D eigenvalue weighted by Crippen LogP contribution is 2.28. The predicted molar refractivity (Wildman–Crippen MR) is 66.1 cm³/mol. The first-order valence-corrected chi connectivity index (χ1v) is 5.85. The third-order valence-electron chi connectivity index (χ3n) is 2.54. The van der Waals surface area contributed by atoms with E-state index in [1.54, 1.807) is 19.1 Å². The largest absolute Gasteiger partial charge is 0.482 e. The van der Waals surface area contributed by atoms with Gasteiger partial charge in [0.2, 0.25) is 0 Å². The summed E-state index contributed by atoms with van der Waals surface area (Å²) in [7, 11) is 0. The van der Waals surface area contributed by atoms with E-state index in [1.165, 1.54) is 6.07 Å². The van der Waals surface area contributed by atoms with Gasteiger partial charge in [0.25, 0.3) is 5.91 Å². The molecule has 0 bridgehead atoms. The summed E-state index contributed by atoms with van der Waals surface area (Å²) in [6.07, 6.45) is -0.318. The predicted octanol–water partition coefficient (Wildman–Crippen LogP) is 1.15. The Kier molecular flexibility index (Phi) is 3.79. The van der Waals surface area contributed by atoms with E-state index in [0.29, 0.717) is 17.0 Å². The van der Waals surface area contributed by atoms with Gasteiger partial charge in [-0.3, -0.25) is 14.4 Å². The molecule has 6 nitrogen and oxygen atoms in total. The van der Waals surface area contributed by atoms with Crippen molar-refractivity contribution in [3.8, 4) is 5.75 Å². The molecule has 2 rings (SSSR count). The molecule has 0 aromatic heterocycles. The van der Waals surface area contributed by atoms with Crippen molar-refractivity contribution in [2.24, 2.45) is 0 Å². The zero-order valence-corrected chi connectivity index (χ0v) is 10.4. The first-order valence-electron chi connectivity index (χ1n) is 5.85. The zero-order valence-electron chi connectivity index (χ0n) is 10.4. The van der Waals surface area contributed by atoms with E-state index in [1.807, 2.05) is 0 Å². The van der Waals surface area contributed by atoms with E-state index in [9.17, 15) is 14.4 Å². The van der Waals surface area contributed by atoms with Crippen LogP contribution >= 0.6 is 0 Å². The number of nitrogens with one attached hydrogen (secondary N) is 1. The van der Waals surface area contributed by atoms with E-state index in [4.69, 9.17) is 9.47 Å². The van der Waals surface area contributed by atoms with Crippen LogP contribution in [0.2, 0.25) is 0 Å². The Morgan fingerprint density at radius 3 is 2.95 bits per heavy atom. The lowest BCUT2D eigenvalue weighted by Crippen LogP contribution is -2.25. The van der Waals surface area contributed by atoms with Crippen LogP contribution in [0.15, 0.2) is 18.2 Å². The van der Waals surface area contributed by atoms with E-state index in [-0.39, 0.29) is 31.3 Å². The average Bonchev–Trinajstić information content (AvgIpc) is 2.38. The van der Waals surface area contributed by atoms with Crippen molar-refractivity contribution in [2.75, 3.05) is 18.5 Å². The van der Waals surface area contributed by atoms with Crippen LogP contribution in [0.25, 0.3) is 0 Å². The number of anilines is 1. The van der Waals surface area contributed by atoms with Gasteiger partial charge in [0, 0.05) is 5.56 Å². The molecule has 1 N–H and O–H groups in total. The molecule has 1 aromatic rings. The second-order valence-corrected chi connectivity index (χ2v) is 3.95. The Hall–Kier alpha value is -2.37. The van der Waals surface area contributed by atoms with Gasteiger partial charge in [0.15, 0.2) is 12.4 Å². The molecule has 1 heterocycles. The Bertz CT molecular complexity index is 538. The molecule has 0 radical (unpaired) electrons. The monoisotopic (exact) mass is 263 g/mol. The number of fused-ring (bicyclic) bond motifs is 1. The molecule has 0 unspecified atom stereocenters. The number of hydrogen-bond acceptors (Lipinski definition) is 5. The van der Waals surface area contributed by atoms with Gasteiger partial charge in [-0.15, -0.1) is 0 Å². The van der Waals surface area contributed by atoms with Crippen molar-refractivity contribution in [3.05, 3.63) is 23.8 Å². The Morgan fingerprint density at radius 1 is 1.42 bits per heavy atom. The number of carbonyl (C=O) groups excluding carboxylic acids is 3. The van der Waals surface area contributed by atoms with Gasteiger partial charge in [-0.25, -0.2) is 0 Å². The van der Waals surface area contributed by atoms with Crippen LogP contribution in [0.4, 0.5) is 5.69 Å². The molecule has 0 saturated heterocycles. The summed E-state index contributed by atoms with van der Waals surface area (Å²) in [4.78, 5) is 34.2. The lowest BCUT2D eigenvalue weighted by atomic mass is 10.1. The summed E-state index contributed by atoms with van der Waals surface area (Å²) in [5, 5.41) is 2.60. The smallest absolute Gasteiger partial charge is 0.313 e. The highest BCUT2D eigenvalue weighted by molar-refractivity contribution is 6.07. The molecular formula is C13H13NO5. The number of amides is 1. The molecule has 0 aliphatic carbocycles. The van der Waals surface area contributed by atoms with Crippen molar-refractivity contribution < 1.29 is 23.9 Å². The minimum absolute atomic E-state index is 0.0386. The molecule has 0 atom stereocenters. The summed E-state index contributed by atoms with van der Waals surface area (Å²) in [5.74, 6) is -0.693. The Morgan fingerprint density at radius 2 is 2.21 bits per heavy atom. The number of benzene rings is 1. The number of ketones is 1. The maximum atomic E-state index is 11.8. The molecular weight excluding hydrogens is 250 g/mol. The Labute approximate surface area is 109 Å². The molecule has 0 saturated carbocycles. The lowest BCUT2D eigenvalue weighted by molar-refractivity contribution is -0.142. The van der Waals surface area contributed by atoms with Crippen LogP contribution in [0.5, 0.6) is 5.75 Å². The van der Waals surface area contributed by atoms with Gasteiger partial charge in [0.05, 0.1) is 12.3 Å². The fourth-order valence-corrected chi connectivity index (χ4v) is 1.70. The topological polar surface area (TPSA) is 81.7 Å². The number of Topliss-reactive ketones (excluding diaryl/α,β-unsaturated/α-hetero) is 1. The van der Waals surface area contributed by atoms with Crippen LogP contribution in [0.1, 0.15) is 23.7 Å². The SMILES string of the molecule is CCOC(=O)CC(=O)c1ccc2c(c1)NC(=O)CO2. The van der Waals surface area contributed by atoms with E-state index >= 15 is 0 Å². The number of ether oxygens (including phenoxy) is 2. The third kappa shape index (κ3) is 3.09. The van der Waals surface area contributed by atoms with E-state index in [2.05, 4.69) is 5.32 Å². The molecule has 6 heteroatoms. The standard InChI is InChI=1S/C13H13NO5/c1-2-18-13(17)6-10(15)8-3-4-11-9(5-8)14-12(16)7-19-11/h3-5H,2,6-7H2,1H3,(H,14,16). The van der Waals surface area contributed by atoms with Crippen LogP contribution in [0.3, 0.4) is 0 Å².